The number of aliphatic imine (C=N–C) groups is 1. The molecule has 0 aliphatic carbocycles. The number of imide groups is 1. The van der Waals surface area contributed by atoms with Gasteiger partial charge >= 0.3 is 0 Å². The van der Waals surface area contributed by atoms with Crippen LogP contribution in [0.3, 0.4) is 0 Å². The minimum Gasteiger partial charge on any atom is -0.508 e. The van der Waals surface area contributed by atoms with Gasteiger partial charge in [-0.2, -0.15) is 0 Å². The van der Waals surface area contributed by atoms with Gasteiger partial charge in [0, 0.05) is 22.9 Å². The Balaban J connectivity index is 1.67. The molecule has 1 atom stereocenters. The van der Waals surface area contributed by atoms with Crippen LogP contribution in [0.25, 0.3) is 0 Å². The molecule has 0 aromatic heterocycles. The smallest absolute Gasteiger partial charge is 0.264 e. The van der Waals surface area contributed by atoms with Crippen LogP contribution in [0.2, 0.25) is 5.02 Å². The molecule has 2 aromatic carbocycles. The molecule has 4 rings (SSSR count). The number of hydrogen-bond donors (Lipinski definition) is 1. The lowest BCUT2D eigenvalue weighted by Gasteiger charge is -2.15. The average Bonchev–Trinajstić information content (AvgIpc) is 2.86. The summed E-state index contributed by atoms with van der Waals surface area (Å²) >= 11 is 7.14. The first kappa shape index (κ1) is 15.9. The van der Waals surface area contributed by atoms with Gasteiger partial charge in [0.2, 0.25) is 0 Å². The van der Waals surface area contributed by atoms with Gasteiger partial charge in [0.25, 0.3) is 11.8 Å². The summed E-state index contributed by atoms with van der Waals surface area (Å²) in [5, 5.41) is 10.2. The molecule has 0 bridgehead atoms. The number of benzene rings is 2. The highest BCUT2D eigenvalue weighted by molar-refractivity contribution is 8.15. The van der Waals surface area contributed by atoms with Crippen molar-refractivity contribution in [1.29, 1.82) is 0 Å². The second-order valence-electron chi connectivity index (χ2n) is 5.52. The van der Waals surface area contributed by atoms with E-state index in [-0.39, 0.29) is 11.7 Å². The van der Waals surface area contributed by atoms with Crippen LogP contribution in [0.1, 0.15) is 5.56 Å². The molecule has 7 heteroatoms. The Morgan fingerprint density at radius 3 is 2.60 bits per heavy atom. The second-order valence-corrected chi connectivity index (χ2v) is 7.05. The summed E-state index contributed by atoms with van der Waals surface area (Å²) in [5.41, 5.74) is 1.52. The molecule has 5 nitrogen and oxygen atoms in total. The number of halogens is 1. The molecule has 2 amide bonds. The number of thioether (sulfide) groups is 1. The van der Waals surface area contributed by atoms with Crippen LogP contribution in [0.5, 0.6) is 5.75 Å². The van der Waals surface area contributed by atoms with E-state index < -0.39 is 11.2 Å². The zero-order chi connectivity index (χ0) is 17.6. The van der Waals surface area contributed by atoms with Crippen molar-refractivity contribution in [2.24, 2.45) is 4.99 Å². The summed E-state index contributed by atoms with van der Waals surface area (Å²) in [6.07, 6.45) is 1.45. The Morgan fingerprint density at radius 2 is 1.88 bits per heavy atom. The average molecular weight is 371 g/mol. The number of phenolic OH excluding ortho intramolecular Hbond substituents is 1. The second kappa shape index (κ2) is 6.06. The van der Waals surface area contributed by atoms with Crippen molar-refractivity contribution in [3.05, 3.63) is 70.9 Å². The van der Waals surface area contributed by atoms with Crippen LogP contribution in [0.4, 0.5) is 5.69 Å². The predicted molar refractivity (Wildman–Crippen MR) is 98.1 cm³/mol. The molecular weight excluding hydrogens is 360 g/mol. The van der Waals surface area contributed by atoms with E-state index in [2.05, 4.69) is 4.99 Å². The Kier molecular flexibility index (Phi) is 3.86. The van der Waals surface area contributed by atoms with Gasteiger partial charge in [0.05, 0.1) is 11.3 Å². The summed E-state index contributed by atoms with van der Waals surface area (Å²) < 4.78 is 0. The van der Waals surface area contributed by atoms with E-state index in [0.717, 1.165) is 10.5 Å². The number of carbonyl (C=O) groups is 2. The van der Waals surface area contributed by atoms with Crippen LogP contribution in [0.15, 0.2) is 65.3 Å². The third-order valence-electron chi connectivity index (χ3n) is 3.91. The fraction of sp³-hybridized carbons (Fsp3) is 0.0556. The molecule has 2 aliphatic rings. The fourth-order valence-electron chi connectivity index (χ4n) is 2.71. The van der Waals surface area contributed by atoms with E-state index in [1.807, 2.05) is 12.1 Å². The monoisotopic (exact) mass is 370 g/mol. The van der Waals surface area contributed by atoms with Crippen molar-refractivity contribution in [2.45, 2.75) is 5.25 Å². The minimum atomic E-state index is -0.641. The van der Waals surface area contributed by atoms with Crippen LogP contribution in [-0.2, 0) is 9.59 Å². The Labute approximate surface area is 152 Å². The molecule has 1 unspecified atom stereocenters. The van der Waals surface area contributed by atoms with Crippen LogP contribution < -0.4 is 4.90 Å². The van der Waals surface area contributed by atoms with Gasteiger partial charge in [-0.25, -0.2) is 9.89 Å². The zero-order valence-electron chi connectivity index (χ0n) is 12.7. The molecule has 25 heavy (non-hydrogen) atoms. The molecule has 1 N–H and O–H groups in total. The highest BCUT2D eigenvalue weighted by Gasteiger charge is 2.46. The predicted octanol–water partition coefficient (Wildman–Crippen LogP) is 3.36. The number of anilines is 1. The van der Waals surface area contributed by atoms with Gasteiger partial charge in [0.15, 0.2) is 0 Å². The quantitative estimate of drug-likeness (QED) is 0.823. The number of phenols is 1. The SMILES string of the molecule is O=C1C2=CN=C(c3ccc(Cl)cc3)SC2C(=O)N1c1cccc(O)c1. The van der Waals surface area contributed by atoms with E-state index in [1.165, 1.54) is 30.1 Å². The molecule has 0 spiro atoms. The summed E-state index contributed by atoms with van der Waals surface area (Å²) in [7, 11) is 0. The molecule has 124 valence electrons. The lowest BCUT2D eigenvalue weighted by Crippen LogP contribution is -2.31. The summed E-state index contributed by atoms with van der Waals surface area (Å²) in [5.74, 6) is -0.757. The maximum Gasteiger partial charge on any atom is 0.264 e. The fourth-order valence-corrected chi connectivity index (χ4v) is 3.94. The van der Waals surface area contributed by atoms with Crippen LogP contribution >= 0.6 is 23.4 Å². The Morgan fingerprint density at radius 1 is 1.12 bits per heavy atom. The molecule has 1 saturated heterocycles. The van der Waals surface area contributed by atoms with Gasteiger partial charge in [0.1, 0.15) is 16.0 Å². The Bertz CT molecular complexity index is 953. The normalized spacial score (nSPS) is 19.6. The molecule has 0 saturated carbocycles. The number of nitrogens with zero attached hydrogens (tertiary/aromatic N) is 2. The standard InChI is InChI=1S/C18H11ClN2O3S/c19-11-6-4-10(5-7-11)16-20-9-14-15(25-16)18(24)21(17(14)23)12-2-1-3-13(22)8-12/h1-9,15,22H. The number of aromatic hydroxyl groups is 1. The first-order valence-electron chi connectivity index (χ1n) is 7.42. The summed E-state index contributed by atoms with van der Waals surface area (Å²) in [6.45, 7) is 0. The van der Waals surface area contributed by atoms with E-state index in [9.17, 15) is 14.7 Å². The van der Waals surface area contributed by atoms with Crippen molar-refractivity contribution in [3.8, 4) is 5.75 Å². The maximum absolute atomic E-state index is 12.8. The lowest BCUT2D eigenvalue weighted by molar-refractivity contribution is -0.120. The number of carbonyl (C=O) groups excluding carboxylic acids is 2. The van der Waals surface area contributed by atoms with E-state index in [4.69, 9.17) is 11.6 Å². The van der Waals surface area contributed by atoms with E-state index in [1.54, 1.807) is 24.3 Å². The van der Waals surface area contributed by atoms with Crippen molar-refractivity contribution in [2.75, 3.05) is 4.90 Å². The first-order valence-corrected chi connectivity index (χ1v) is 8.68. The topological polar surface area (TPSA) is 70.0 Å². The molecule has 2 heterocycles. The molecule has 1 fully saturated rings. The number of hydrogen-bond acceptors (Lipinski definition) is 5. The van der Waals surface area contributed by atoms with Crippen LogP contribution in [-0.4, -0.2) is 27.2 Å². The lowest BCUT2D eigenvalue weighted by atomic mass is 10.2. The Hall–Kier alpha value is -2.57. The maximum atomic E-state index is 12.8. The molecule has 0 radical (unpaired) electrons. The molecule has 2 aromatic rings. The highest BCUT2D eigenvalue weighted by Crippen LogP contribution is 2.38. The van der Waals surface area contributed by atoms with E-state index in [0.29, 0.717) is 21.3 Å². The molecular formula is C18H11ClN2O3S. The van der Waals surface area contributed by atoms with Gasteiger partial charge < -0.3 is 5.11 Å². The third-order valence-corrected chi connectivity index (χ3v) is 5.41. The van der Waals surface area contributed by atoms with Crippen molar-refractivity contribution < 1.29 is 14.7 Å². The molecule has 2 aliphatic heterocycles. The van der Waals surface area contributed by atoms with Gasteiger partial charge in [-0.15, -0.1) is 0 Å². The number of amides is 2. The minimum absolute atomic E-state index is 0.00675. The van der Waals surface area contributed by atoms with Gasteiger partial charge in [-0.1, -0.05) is 41.6 Å². The van der Waals surface area contributed by atoms with Crippen molar-refractivity contribution in [1.82, 2.24) is 0 Å². The van der Waals surface area contributed by atoms with Gasteiger partial charge in [-0.3, -0.25) is 9.59 Å². The summed E-state index contributed by atoms with van der Waals surface area (Å²) in [6, 6.07) is 13.2. The zero-order valence-corrected chi connectivity index (χ0v) is 14.3. The van der Waals surface area contributed by atoms with Crippen LogP contribution in [0, 0.1) is 0 Å². The van der Waals surface area contributed by atoms with E-state index >= 15 is 0 Å². The summed E-state index contributed by atoms with van der Waals surface area (Å²) in [4.78, 5) is 30.8. The van der Waals surface area contributed by atoms with Crippen molar-refractivity contribution in [3.63, 3.8) is 0 Å². The number of fused-ring (bicyclic) bond motifs is 1. The number of rotatable bonds is 2. The van der Waals surface area contributed by atoms with Gasteiger partial charge in [-0.05, 0) is 24.3 Å². The van der Waals surface area contributed by atoms with Crippen molar-refractivity contribution >= 4 is 45.9 Å². The first-order chi connectivity index (χ1) is 12.0. The third kappa shape index (κ3) is 2.73. The highest BCUT2D eigenvalue weighted by atomic mass is 35.5. The largest absolute Gasteiger partial charge is 0.508 e.